The van der Waals surface area contributed by atoms with Gasteiger partial charge in [-0.15, -0.1) is 6.42 Å². The van der Waals surface area contributed by atoms with Gasteiger partial charge in [0.1, 0.15) is 12.7 Å². The molecule has 0 aromatic heterocycles. The van der Waals surface area contributed by atoms with Crippen LogP contribution in [0.4, 0.5) is 0 Å². The first-order valence-electron chi connectivity index (χ1n) is 5.54. The third kappa shape index (κ3) is 4.45. The molecule has 0 spiro atoms. The van der Waals surface area contributed by atoms with Gasteiger partial charge in [-0.25, -0.2) is 0 Å². The number of carbonyl (C=O) groups is 2. The van der Waals surface area contributed by atoms with E-state index in [0.717, 1.165) is 0 Å². The van der Waals surface area contributed by atoms with E-state index in [1.54, 1.807) is 6.92 Å². The molecule has 1 aliphatic heterocycles. The van der Waals surface area contributed by atoms with Gasteiger partial charge < -0.3 is 14.2 Å². The minimum atomic E-state index is -0.423. The zero-order valence-electron chi connectivity index (χ0n) is 9.81. The minimum Gasteiger partial charge on any atom is -0.466 e. The number of esters is 2. The number of hydrogen-bond acceptors (Lipinski definition) is 5. The van der Waals surface area contributed by atoms with E-state index in [1.165, 1.54) is 0 Å². The van der Waals surface area contributed by atoms with Gasteiger partial charge in [-0.1, -0.05) is 5.92 Å². The summed E-state index contributed by atoms with van der Waals surface area (Å²) < 4.78 is 14.9. The first kappa shape index (κ1) is 13.5. The van der Waals surface area contributed by atoms with Crippen LogP contribution in [0.15, 0.2) is 0 Å². The van der Waals surface area contributed by atoms with Crippen molar-refractivity contribution in [2.24, 2.45) is 5.92 Å². The first-order chi connectivity index (χ1) is 8.17. The van der Waals surface area contributed by atoms with Gasteiger partial charge in [0, 0.05) is 6.42 Å². The van der Waals surface area contributed by atoms with Gasteiger partial charge in [-0.2, -0.15) is 0 Å². The number of terminal acetylenes is 1. The molecule has 94 valence electrons. The average molecular weight is 240 g/mol. The summed E-state index contributed by atoms with van der Waals surface area (Å²) in [5.41, 5.74) is 0. The molecule has 0 radical (unpaired) electrons. The Kier molecular flexibility index (Phi) is 5.50. The molecule has 5 nitrogen and oxygen atoms in total. The lowest BCUT2D eigenvalue weighted by Gasteiger charge is -2.07. The van der Waals surface area contributed by atoms with Gasteiger partial charge in [-0.05, 0) is 6.92 Å². The Labute approximate surface area is 100 Å². The first-order valence-corrected chi connectivity index (χ1v) is 5.54. The number of hydrogen-bond donors (Lipinski definition) is 0. The normalized spacial score (nSPS) is 22.9. The smallest absolute Gasteiger partial charge is 0.310 e. The van der Waals surface area contributed by atoms with Crippen LogP contribution < -0.4 is 0 Å². The molecule has 1 fully saturated rings. The number of ether oxygens (including phenoxy) is 3. The van der Waals surface area contributed by atoms with E-state index in [9.17, 15) is 9.59 Å². The molecule has 0 bridgehead atoms. The molecule has 17 heavy (non-hydrogen) atoms. The minimum absolute atomic E-state index is 0.0678. The van der Waals surface area contributed by atoms with Gasteiger partial charge >= 0.3 is 11.9 Å². The van der Waals surface area contributed by atoms with E-state index in [0.29, 0.717) is 13.0 Å². The SMILES string of the molecule is C#CCOCC1CC(CC(=O)OCC)C(=O)O1. The van der Waals surface area contributed by atoms with Crippen LogP contribution in [-0.2, 0) is 23.8 Å². The Morgan fingerprint density at radius 2 is 2.41 bits per heavy atom. The maximum atomic E-state index is 11.4. The summed E-state index contributed by atoms with van der Waals surface area (Å²) in [6.45, 7) is 2.50. The van der Waals surface area contributed by atoms with Crippen molar-refractivity contribution in [1.29, 1.82) is 0 Å². The molecule has 0 aliphatic carbocycles. The van der Waals surface area contributed by atoms with E-state index < -0.39 is 5.92 Å². The molecule has 2 unspecified atom stereocenters. The molecule has 0 aromatic rings. The van der Waals surface area contributed by atoms with Crippen molar-refractivity contribution in [1.82, 2.24) is 0 Å². The largest absolute Gasteiger partial charge is 0.466 e. The van der Waals surface area contributed by atoms with E-state index >= 15 is 0 Å². The predicted molar refractivity (Wildman–Crippen MR) is 58.9 cm³/mol. The zero-order chi connectivity index (χ0) is 12.7. The summed E-state index contributed by atoms with van der Waals surface area (Å²) in [6.07, 6.45) is 5.26. The number of carbonyl (C=O) groups excluding carboxylic acids is 2. The summed E-state index contributed by atoms with van der Waals surface area (Å²) in [6, 6.07) is 0. The van der Waals surface area contributed by atoms with Crippen LogP contribution in [0.1, 0.15) is 19.8 Å². The lowest BCUT2D eigenvalue weighted by Crippen LogP contribution is -2.15. The summed E-state index contributed by atoms with van der Waals surface area (Å²) >= 11 is 0. The second-order valence-electron chi connectivity index (χ2n) is 3.72. The Morgan fingerprint density at radius 1 is 1.65 bits per heavy atom. The Balaban J connectivity index is 2.31. The molecular weight excluding hydrogens is 224 g/mol. The fourth-order valence-corrected chi connectivity index (χ4v) is 1.66. The van der Waals surface area contributed by atoms with Crippen molar-refractivity contribution < 1.29 is 23.8 Å². The molecule has 0 aromatic carbocycles. The van der Waals surface area contributed by atoms with Crippen molar-refractivity contribution in [2.75, 3.05) is 19.8 Å². The maximum Gasteiger partial charge on any atom is 0.310 e. The third-order valence-electron chi connectivity index (χ3n) is 2.37. The van der Waals surface area contributed by atoms with Crippen molar-refractivity contribution >= 4 is 11.9 Å². The van der Waals surface area contributed by atoms with Crippen LogP contribution in [0.2, 0.25) is 0 Å². The summed E-state index contributed by atoms with van der Waals surface area (Å²) in [4.78, 5) is 22.7. The van der Waals surface area contributed by atoms with E-state index in [-0.39, 0.29) is 37.7 Å². The average Bonchev–Trinajstić information content (AvgIpc) is 2.60. The van der Waals surface area contributed by atoms with Crippen molar-refractivity contribution in [3.8, 4) is 12.3 Å². The molecule has 1 rings (SSSR count). The zero-order valence-corrected chi connectivity index (χ0v) is 9.81. The molecule has 0 amide bonds. The Hall–Kier alpha value is -1.54. The number of rotatable bonds is 6. The third-order valence-corrected chi connectivity index (χ3v) is 2.37. The molecule has 1 aliphatic rings. The van der Waals surface area contributed by atoms with E-state index in [1.807, 2.05) is 0 Å². The van der Waals surface area contributed by atoms with E-state index in [2.05, 4.69) is 5.92 Å². The van der Waals surface area contributed by atoms with Gasteiger partial charge in [0.2, 0.25) is 0 Å². The fourth-order valence-electron chi connectivity index (χ4n) is 1.66. The highest BCUT2D eigenvalue weighted by Gasteiger charge is 2.36. The van der Waals surface area contributed by atoms with Crippen LogP contribution in [-0.4, -0.2) is 37.9 Å². The van der Waals surface area contributed by atoms with Crippen molar-refractivity contribution in [3.63, 3.8) is 0 Å². The van der Waals surface area contributed by atoms with E-state index in [4.69, 9.17) is 20.6 Å². The van der Waals surface area contributed by atoms with Crippen molar-refractivity contribution in [3.05, 3.63) is 0 Å². The monoisotopic (exact) mass is 240 g/mol. The van der Waals surface area contributed by atoms with Crippen molar-refractivity contribution in [2.45, 2.75) is 25.9 Å². The van der Waals surface area contributed by atoms with Crippen LogP contribution in [0.5, 0.6) is 0 Å². The Morgan fingerprint density at radius 3 is 3.06 bits per heavy atom. The molecule has 0 N–H and O–H groups in total. The second-order valence-corrected chi connectivity index (χ2v) is 3.72. The fraction of sp³-hybridized carbons (Fsp3) is 0.667. The van der Waals surface area contributed by atoms with Gasteiger partial charge in [0.15, 0.2) is 0 Å². The summed E-state index contributed by atoms with van der Waals surface area (Å²) in [7, 11) is 0. The lowest BCUT2D eigenvalue weighted by atomic mass is 10.0. The maximum absolute atomic E-state index is 11.4. The number of cyclic esters (lactones) is 1. The molecule has 2 atom stereocenters. The van der Waals surface area contributed by atoms with Crippen LogP contribution in [0, 0.1) is 18.3 Å². The molecule has 1 saturated heterocycles. The van der Waals surface area contributed by atoms with Gasteiger partial charge in [0.25, 0.3) is 0 Å². The Bertz CT molecular complexity index is 317. The predicted octanol–water partition coefficient (Wildman–Crippen LogP) is 0.521. The quantitative estimate of drug-likeness (QED) is 0.385. The van der Waals surface area contributed by atoms with Crippen LogP contribution >= 0.6 is 0 Å². The second kappa shape index (κ2) is 6.92. The molecule has 5 heteroatoms. The molecule has 0 saturated carbocycles. The van der Waals surface area contributed by atoms with Crippen LogP contribution in [0.3, 0.4) is 0 Å². The standard InChI is InChI=1S/C12H16O5/c1-3-5-15-8-10-6-9(12(14)17-10)7-11(13)16-4-2/h1,9-10H,4-8H2,2H3. The molecular formula is C12H16O5. The highest BCUT2D eigenvalue weighted by atomic mass is 16.6. The van der Waals surface area contributed by atoms with Crippen LogP contribution in [0.25, 0.3) is 0 Å². The highest BCUT2D eigenvalue weighted by molar-refractivity contribution is 5.81. The summed E-state index contributed by atoms with van der Waals surface area (Å²) in [5, 5.41) is 0. The highest BCUT2D eigenvalue weighted by Crippen LogP contribution is 2.24. The van der Waals surface area contributed by atoms with Gasteiger partial charge in [0.05, 0.1) is 25.6 Å². The summed E-state index contributed by atoms with van der Waals surface area (Å²) in [5.74, 6) is 1.16. The topological polar surface area (TPSA) is 61.8 Å². The lowest BCUT2D eigenvalue weighted by molar-refractivity contribution is -0.151. The molecule has 1 heterocycles. The van der Waals surface area contributed by atoms with Gasteiger partial charge in [-0.3, -0.25) is 9.59 Å².